The molecule has 2 N–H and O–H groups in total. The third-order valence-electron chi connectivity index (χ3n) is 4.54. The van der Waals surface area contributed by atoms with Crippen molar-refractivity contribution in [1.82, 2.24) is 9.80 Å². The summed E-state index contributed by atoms with van der Waals surface area (Å²) in [5, 5.41) is 0. The van der Waals surface area contributed by atoms with E-state index >= 15 is 0 Å². The van der Waals surface area contributed by atoms with Crippen molar-refractivity contribution >= 4 is 5.91 Å². The maximum absolute atomic E-state index is 12.5. The number of likely N-dealkylation sites (tertiary alicyclic amines) is 1. The molecule has 2 heterocycles. The predicted octanol–water partition coefficient (Wildman–Crippen LogP) is 1.21. The standard InChI is InChI=1S/C16H31N3O2/c1-4-6-15(17)16(20)19-8-5-7-14(19)11-18-9-12(2)21-13(3)10-18/h12-15H,4-11,17H2,1-3H3. The van der Waals surface area contributed by atoms with E-state index in [1.807, 2.05) is 4.90 Å². The summed E-state index contributed by atoms with van der Waals surface area (Å²) < 4.78 is 5.78. The van der Waals surface area contributed by atoms with E-state index in [1.165, 1.54) is 0 Å². The van der Waals surface area contributed by atoms with Gasteiger partial charge >= 0.3 is 0 Å². The maximum atomic E-state index is 12.5. The van der Waals surface area contributed by atoms with Gasteiger partial charge in [0.1, 0.15) is 0 Å². The van der Waals surface area contributed by atoms with Gasteiger partial charge in [-0.1, -0.05) is 13.3 Å². The number of carbonyl (C=O) groups is 1. The number of amides is 1. The number of ether oxygens (including phenoxy) is 1. The second-order valence-corrected chi connectivity index (χ2v) is 6.70. The topological polar surface area (TPSA) is 58.8 Å². The van der Waals surface area contributed by atoms with Gasteiger partial charge < -0.3 is 15.4 Å². The molecule has 21 heavy (non-hydrogen) atoms. The summed E-state index contributed by atoms with van der Waals surface area (Å²) in [5.41, 5.74) is 6.02. The van der Waals surface area contributed by atoms with E-state index in [1.54, 1.807) is 0 Å². The summed E-state index contributed by atoms with van der Waals surface area (Å²) in [5.74, 6) is 0.147. The molecule has 0 aromatic rings. The van der Waals surface area contributed by atoms with Crippen molar-refractivity contribution in [3.8, 4) is 0 Å². The number of rotatable bonds is 5. The number of carbonyl (C=O) groups excluding carboxylic acids is 1. The molecule has 0 aromatic carbocycles. The molecule has 2 saturated heterocycles. The van der Waals surface area contributed by atoms with E-state index < -0.39 is 0 Å². The summed E-state index contributed by atoms with van der Waals surface area (Å²) in [7, 11) is 0. The van der Waals surface area contributed by atoms with Crippen LogP contribution in [-0.4, -0.2) is 66.2 Å². The van der Waals surface area contributed by atoms with Gasteiger partial charge in [-0.2, -0.15) is 0 Å². The molecule has 0 spiro atoms. The Labute approximate surface area is 128 Å². The highest BCUT2D eigenvalue weighted by Gasteiger charge is 2.33. The first-order valence-corrected chi connectivity index (χ1v) is 8.45. The van der Waals surface area contributed by atoms with Crippen molar-refractivity contribution < 1.29 is 9.53 Å². The lowest BCUT2D eigenvalue weighted by Gasteiger charge is -2.38. The van der Waals surface area contributed by atoms with Crippen LogP contribution in [0, 0.1) is 0 Å². The van der Waals surface area contributed by atoms with Crippen LogP contribution in [0.25, 0.3) is 0 Å². The Kier molecular flexibility index (Phi) is 6.02. The van der Waals surface area contributed by atoms with Crippen LogP contribution in [-0.2, 0) is 9.53 Å². The van der Waals surface area contributed by atoms with Crippen molar-refractivity contribution in [2.24, 2.45) is 5.73 Å². The molecule has 4 unspecified atom stereocenters. The Morgan fingerprint density at radius 2 is 2.00 bits per heavy atom. The average molecular weight is 297 g/mol. The lowest BCUT2D eigenvalue weighted by atomic mass is 10.1. The minimum absolute atomic E-state index is 0.147. The Bertz CT molecular complexity index is 340. The van der Waals surface area contributed by atoms with Gasteiger partial charge in [-0.15, -0.1) is 0 Å². The smallest absolute Gasteiger partial charge is 0.239 e. The van der Waals surface area contributed by atoms with Gasteiger partial charge in [-0.05, 0) is 33.1 Å². The molecule has 2 aliphatic heterocycles. The van der Waals surface area contributed by atoms with Crippen LogP contribution >= 0.6 is 0 Å². The lowest BCUT2D eigenvalue weighted by Crippen LogP contribution is -2.53. The van der Waals surface area contributed by atoms with Gasteiger partial charge in [0.05, 0.1) is 18.2 Å². The Morgan fingerprint density at radius 1 is 1.33 bits per heavy atom. The quantitative estimate of drug-likeness (QED) is 0.829. The third-order valence-corrected chi connectivity index (χ3v) is 4.54. The van der Waals surface area contributed by atoms with Crippen molar-refractivity contribution in [2.45, 2.75) is 70.7 Å². The van der Waals surface area contributed by atoms with Gasteiger partial charge in [-0.25, -0.2) is 0 Å². The van der Waals surface area contributed by atoms with E-state index in [0.717, 1.165) is 51.9 Å². The minimum Gasteiger partial charge on any atom is -0.373 e. The van der Waals surface area contributed by atoms with Crippen molar-refractivity contribution in [3.05, 3.63) is 0 Å². The summed E-state index contributed by atoms with van der Waals surface area (Å²) in [6, 6.07) is 0.0102. The maximum Gasteiger partial charge on any atom is 0.239 e. The largest absolute Gasteiger partial charge is 0.373 e. The SMILES string of the molecule is CCCC(N)C(=O)N1CCCC1CN1CC(C)OC(C)C1. The molecule has 0 bridgehead atoms. The van der Waals surface area contributed by atoms with E-state index in [0.29, 0.717) is 6.04 Å². The predicted molar refractivity (Wildman–Crippen MR) is 84.1 cm³/mol. The molecule has 4 atom stereocenters. The fourth-order valence-electron chi connectivity index (χ4n) is 3.69. The van der Waals surface area contributed by atoms with Crippen molar-refractivity contribution in [3.63, 3.8) is 0 Å². The van der Waals surface area contributed by atoms with Crippen LogP contribution in [0.1, 0.15) is 46.5 Å². The lowest BCUT2D eigenvalue weighted by molar-refractivity contribution is -0.134. The zero-order chi connectivity index (χ0) is 15.4. The first-order chi connectivity index (χ1) is 10.0. The molecule has 0 saturated carbocycles. The van der Waals surface area contributed by atoms with Crippen LogP contribution in [0.4, 0.5) is 0 Å². The van der Waals surface area contributed by atoms with Gasteiger partial charge in [0.25, 0.3) is 0 Å². The van der Waals surface area contributed by atoms with Crippen LogP contribution < -0.4 is 5.73 Å². The molecular formula is C16H31N3O2. The van der Waals surface area contributed by atoms with Crippen LogP contribution in [0.3, 0.4) is 0 Å². The number of hydrogen-bond acceptors (Lipinski definition) is 4. The first-order valence-electron chi connectivity index (χ1n) is 8.45. The highest BCUT2D eigenvalue weighted by Crippen LogP contribution is 2.21. The molecule has 2 rings (SSSR count). The molecule has 5 heteroatoms. The monoisotopic (exact) mass is 297 g/mol. The van der Waals surface area contributed by atoms with E-state index in [4.69, 9.17) is 10.5 Å². The highest BCUT2D eigenvalue weighted by atomic mass is 16.5. The summed E-state index contributed by atoms with van der Waals surface area (Å²) >= 11 is 0. The van der Waals surface area contributed by atoms with Gasteiger partial charge in [-0.3, -0.25) is 9.69 Å². The van der Waals surface area contributed by atoms with Crippen molar-refractivity contribution in [1.29, 1.82) is 0 Å². The second-order valence-electron chi connectivity index (χ2n) is 6.70. The van der Waals surface area contributed by atoms with E-state index in [-0.39, 0.29) is 24.2 Å². The molecular weight excluding hydrogens is 266 g/mol. The number of nitrogens with zero attached hydrogens (tertiary/aromatic N) is 2. The third kappa shape index (κ3) is 4.41. The van der Waals surface area contributed by atoms with Crippen LogP contribution in [0.5, 0.6) is 0 Å². The Morgan fingerprint density at radius 3 is 2.62 bits per heavy atom. The first kappa shape index (κ1) is 16.7. The molecule has 0 radical (unpaired) electrons. The van der Waals surface area contributed by atoms with Gasteiger partial charge in [0.15, 0.2) is 0 Å². The molecule has 0 aromatic heterocycles. The second kappa shape index (κ2) is 7.56. The highest BCUT2D eigenvalue weighted by molar-refractivity contribution is 5.82. The number of hydrogen-bond donors (Lipinski definition) is 1. The molecule has 5 nitrogen and oxygen atoms in total. The van der Waals surface area contributed by atoms with Crippen LogP contribution in [0.2, 0.25) is 0 Å². The fraction of sp³-hybridized carbons (Fsp3) is 0.938. The van der Waals surface area contributed by atoms with E-state index in [2.05, 4.69) is 25.7 Å². The Balaban J connectivity index is 1.91. The Hall–Kier alpha value is -0.650. The molecule has 0 aliphatic carbocycles. The molecule has 2 aliphatic rings. The minimum atomic E-state index is -0.321. The summed E-state index contributed by atoms with van der Waals surface area (Å²) in [6.45, 7) is 10.1. The zero-order valence-corrected chi connectivity index (χ0v) is 13.8. The zero-order valence-electron chi connectivity index (χ0n) is 13.8. The van der Waals surface area contributed by atoms with E-state index in [9.17, 15) is 4.79 Å². The number of morpholine rings is 1. The van der Waals surface area contributed by atoms with Crippen LogP contribution in [0.15, 0.2) is 0 Å². The van der Waals surface area contributed by atoms with Gasteiger partial charge in [0, 0.05) is 32.2 Å². The molecule has 2 fully saturated rings. The van der Waals surface area contributed by atoms with Gasteiger partial charge in [0.2, 0.25) is 5.91 Å². The molecule has 122 valence electrons. The normalized spacial score (nSPS) is 32.4. The summed E-state index contributed by atoms with van der Waals surface area (Å²) in [6.07, 6.45) is 4.51. The summed E-state index contributed by atoms with van der Waals surface area (Å²) in [4.78, 5) is 17.0. The number of nitrogens with two attached hydrogens (primary N) is 1. The van der Waals surface area contributed by atoms with Crippen molar-refractivity contribution in [2.75, 3.05) is 26.2 Å². The molecule has 1 amide bonds. The fourth-order valence-corrected chi connectivity index (χ4v) is 3.69. The average Bonchev–Trinajstić information content (AvgIpc) is 2.85.